The van der Waals surface area contributed by atoms with Crippen LogP contribution < -0.4 is 0 Å². The van der Waals surface area contributed by atoms with E-state index in [-0.39, 0.29) is 5.78 Å². The molecule has 0 radical (unpaired) electrons. The molecule has 0 spiro atoms. The van der Waals surface area contributed by atoms with Gasteiger partial charge in [-0.3, -0.25) is 4.79 Å². The first-order valence-electron chi connectivity index (χ1n) is 8.13. The lowest BCUT2D eigenvalue weighted by molar-refractivity contribution is 0.0838. The van der Waals surface area contributed by atoms with Gasteiger partial charge >= 0.3 is 0 Å². The van der Waals surface area contributed by atoms with E-state index in [1.807, 2.05) is 19.9 Å². The molecule has 1 heterocycles. The number of para-hydroxylation sites is 1. The van der Waals surface area contributed by atoms with Gasteiger partial charge in [0.15, 0.2) is 5.78 Å². The van der Waals surface area contributed by atoms with Crippen LogP contribution in [0.25, 0.3) is 10.9 Å². The predicted molar refractivity (Wildman–Crippen MR) is 96.9 cm³/mol. The summed E-state index contributed by atoms with van der Waals surface area (Å²) in [4.78, 5) is 13.3. The maximum absolute atomic E-state index is 13.3. The topological polar surface area (TPSA) is 79.9 Å². The Morgan fingerprint density at radius 1 is 1.36 bits per heavy atom. The number of aromatic nitrogens is 1. The predicted octanol–water partition coefficient (Wildman–Crippen LogP) is 3.44. The summed E-state index contributed by atoms with van der Waals surface area (Å²) in [5, 5.41) is 10.4. The fourth-order valence-corrected chi connectivity index (χ4v) is 4.63. The molecule has 5 nitrogen and oxygen atoms in total. The van der Waals surface area contributed by atoms with E-state index >= 15 is 0 Å². The maximum Gasteiger partial charge on any atom is 0.236 e. The van der Waals surface area contributed by atoms with Crippen LogP contribution in [0.3, 0.4) is 0 Å². The number of ketones is 1. The van der Waals surface area contributed by atoms with Crippen LogP contribution in [-0.2, 0) is 16.4 Å². The molecular formula is C19H20N2O3S. The lowest BCUT2D eigenvalue weighted by Crippen LogP contribution is -2.35. The van der Waals surface area contributed by atoms with Gasteiger partial charge in [0.1, 0.15) is 5.41 Å². The lowest BCUT2D eigenvalue weighted by atomic mass is 9.70. The molecule has 0 saturated heterocycles. The molecule has 6 heteroatoms. The normalized spacial score (nSPS) is 20.2. The SMILES string of the molecule is CC(C)=CC[C@@]1(C#N)CCc2c(c3ccccc3n2S(C)(=O)=O)C1=O. The number of rotatable bonds is 3. The van der Waals surface area contributed by atoms with Crippen molar-refractivity contribution in [3.05, 3.63) is 47.2 Å². The van der Waals surface area contributed by atoms with Crippen LogP contribution in [-0.4, -0.2) is 24.4 Å². The molecule has 25 heavy (non-hydrogen) atoms. The first kappa shape index (κ1) is 17.4. The van der Waals surface area contributed by atoms with E-state index in [1.165, 1.54) is 3.97 Å². The molecule has 0 saturated carbocycles. The number of fused-ring (bicyclic) bond motifs is 3. The fraction of sp³-hybridized carbons (Fsp3) is 0.368. The minimum Gasteiger partial charge on any atom is -0.292 e. The molecule has 1 aromatic heterocycles. The first-order chi connectivity index (χ1) is 11.7. The molecule has 1 aliphatic carbocycles. The molecule has 1 aromatic carbocycles. The van der Waals surface area contributed by atoms with Gasteiger partial charge in [-0.15, -0.1) is 0 Å². The lowest BCUT2D eigenvalue weighted by Gasteiger charge is -2.29. The molecule has 2 aromatic rings. The summed E-state index contributed by atoms with van der Waals surface area (Å²) in [7, 11) is -3.55. The molecule has 0 N–H and O–H groups in total. The zero-order valence-electron chi connectivity index (χ0n) is 14.5. The maximum atomic E-state index is 13.3. The number of hydrogen-bond acceptors (Lipinski definition) is 4. The van der Waals surface area contributed by atoms with E-state index in [2.05, 4.69) is 6.07 Å². The van der Waals surface area contributed by atoms with Crippen LogP contribution in [0, 0.1) is 16.7 Å². The Bertz CT molecular complexity index is 1050. The Morgan fingerprint density at radius 2 is 2.04 bits per heavy atom. The van der Waals surface area contributed by atoms with Crippen LogP contribution >= 0.6 is 0 Å². The average Bonchev–Trinajstić information content (AvgIpc) is 2.89. The van der Waals surface area contributed by atoms with Gasteiger partial charge in [-0.05, 0) is 39.2 Å². The second-order valence-electron chi connectivity index (χ2n) is 6.87. The van der Waals surface area contributed by atoms with Crippen molar-refractivity contribution in [1.82, 2.24) is 3.97 Å². The van der Waals surface area contributed by atoms with Crippen LogP contribution in [0.2, 0.25) is 0 Å². The second kappa shape index (κ2) is 5.85. The van der Waals surface area contributed by atoms with Crippen molar-refractivity contribution in [2.24, 2.45) is 5.41 Å². The third kappa shape index (κ3) is 2.69. The van der Waals surface area contributed by atoms with Gasteiger partial charge in [0.2, 0.25) is 10.0 Å². The highest BCUT2D eigenvalue weighted by Crippen LogP contribution is 2.43. The summed E-state index contributed by atoms with van der Waals surface area (Å²) < 4.78 is 25.9. The van der Waals surface area contributed by atoms with Gasteiger partial charge in [-0.25, -0.2) is 12.4 Å². The number of allylic oxidation sites excluding steroid dienone is 2. The Hall–Kier alpha value is -2.39. The molecule has 1 aliphatic rings. The van der Waals surface area contributed by atoms with Gasteiger partial charge < -0.3 is 0 Å². The average molecular weight is 356 g/mol. The smallest absolute Gasteiger partial charge is 0.236 e. The van der Waals surface area contributed by atoms with Crippen LogP contribution in [0.1, 0.15) is 42.7 Å². The quantitative estimate of drug-likeness (QED) is 0.789. The van der Waals surface area contributed by atoms with E-state index in [0.717, 1.165) is 11.8 Å². The Kier molecular flexibility index (Phi) is 4.08. The zero-order valence-corrected chi connectivity index (χ0v) is 15.4. The van der Waals surface area contributed by atoms with Crippen molar-refractivity contribution in [3.63, 3.8) is 0 Å². The number of carbonyl (C=O) groups excluding carboxylic acids is 1. The van der Waals surface area contributed by atoms with Gasteiger partial charge in [0, 0.05) is 16.6 Å². The summed E-state index contributed by atoms with van der Waals surface area (Å²) >= 11 is 0. The third-order valence-electron chi connectivity index (χ3n) is 4.78. The number of nitriles is 1. The molecule has 130 valence electrons. The van der Waals surface area contributed by atoms with E-state index < -0.39 is 15.4 Å². The Labute approximate surface area is 147 Å². The first-order valence-corrected chi connectivity index (χ1v) is 9.98. The Balaban J connectivity index is 2.30. The van der Waals surface area contributed by atoms with Crippen LogP contribution in [0.5, 0.6) is 0 Å². The zero-order chi connectivity index (χ0) is 18.4. The number of carbonyl (C=O) groups is 1. The largest absolute Gasteiger partial charge is 0.292 e. The van der Waals surface area contributed by atoms with E-state index in [0.29, 0.717) is 41.4 Å². The minimum absolute atomic E-state index is 0.271. The molecule has 0 bridgehead atoms. The molecular weight excluding hydrogens is 336 g/mol. The van der Waals surface area contributed by atoms with Gasteiger partial charge in [0.25, 0.3) is 0 Å². The highest BCUT2D eigenvalue weighted by Gasteiger charge is 2.45. The third-order valence-corrected chi connectivity index (χ3v) is 5.86. The summed E-state index contributed by atoms with van der Waals surface area (Å²) in [5.41, 5.74) is 1.30. The molecule has 1 atom stereocenters. The van der Waals surface area contributed by atoms with Crippen LogP contribution in [0.4, 0.5) is 0 Å². The highest BCUT2D eigenvalue weighted by atomic mass is 32.2. The fourth-order valence-electron chi connectivity index (χ4n) is 3.53. The molecule has 0 unspecified atom stereocenters. The number of hydrogen-bond donors (Lipinski definition) is 0. The van der Waals surface area contributed by atoms with Gasteiger partial charge in [-0.2, -0.15) is 5.26 Å². The summed E-state index contributed by atoms with van der Waals surface area (Å²) in [6, 6.07) is 9.21. The van der Waals surface area contributed by atoms with Crippen molar-refractivity contribution in [2.75, 3.05) is 6.26 Å². The van der Waals surface area contributed by atoms with E-state index in [4.69, 9.17) is 0 Å². The van der Waals surface area contributed by atoms with E-state index in [9.17, 15) is 18.5 Å². The van der Waals surface area contributed by atoms with Crippen molar-refractivity contribution in [1.29, 1.82) is 5.26 Å². The van der Waals surface area contributed by atoms with Gasteiger partial charge in [0.05, 0.1) is 17.8 Å². The minimum atomic E-state index is -3.55. The van der Waals surface area contributed by atoms with Crippen molar-refractivity contribution >= 4 is 26.7 Å². The van der Waals surface area contributed by atoms with E-state index in [1.54, 1.807) is 24.3 Å². The number of benzene rings is 1. The molecule has 0 amide bonds. The standard InChI is InChI=1S/C19H20N2O3S/c1-13(2)8-10-19(12-20)11-9-16-17(18(19)22)14-6-4-5-7-15(14)21(16)25(3,23)24/h4-8H,9-11H2,1-3H3/t19-/m0/s1. The molecule has 0 aliphatic heterocycles. The number of Topliss-reactive ketones (excluding diaryl/α,β-unsaturated/α-hetero) is 1. The second-order valence-corrected chi connectivity index (χ2v) is 8.71. The van der Waals surface area contributed by atoms with Crippen LogP contribution in [0.15, 0.2) is 35.9 Å². The summed E-state index contributed by atoms with van der Waals surface area (Å²) in [6.45, 7) is 3.86. The summed E-state index contributed by atoms with van der Waals surface area (Å²) in [6.07, 6.45) is 4.10. The number of nitrogens with zero attached hydrogens (tertiary/aromatic N) is 2. The monoisotopic (exact) mass is 356 g/mol. The summed E-state index contributed by atoms with van der Waals surface area (Å²) in [5.74, 6) is -0.271. The highest BCUT2D eigenvalue weighted by molar-refractivity contribution is 7.89. The Morgan fingerprint density at radius 3 is 2.64 bits per heavy atom. The molecule has 3 rings (SSSR count). The van der Waals surface area contributed by atoms with Crippen molar-refractivity contribution in [2.45, 2.75) is 33.1 Å². The molecule has 0 fully saturated rings. The van der Waals surface area contributed by atoms with Crippen molar-refractivity contribution < 1.29 is 13.2 Å². The van der Waals surface area contributed by atoms with Gasteiger partial charge in [-0.1, -0.05) is 29.8 Å². The van der Waals surface area contributed by atoms with Crippen molar-refractivity contribution in [3.8, 4) is 6.07 Å².